The minimum atomic E-state index is -0.156. The lowest BCUT2D eigenvalue weighted by molar-refractivity contribution is -0.133. The molecule has 1 aromatic carbocycles. The highest BCUT2D eigenvalue weighted by atomic mass is 16.5. The second-order valence-corrected chi connectivity index (χ2v) is 4.71. The summed E-state index contributed by atoms with van der Waals surface area (Å²) in [5, 5.41) is 0. The topological polar surface area (TPSA) is 26.3 Å². The highest BCUT2D eigenvalue weighted by molar-refractivity contribution is 5.75. The molecule has 0 bridgehead atoms. The Hall–Kier alpha value is -1.57. The molecule has 0 fully saturated rings. The number of hydrogen-bond donors (Lipinski definition) is 0. The van der Waals surface area contributed by atoms with Crippen molar-refractivity contribution in [1.82, 2.24) is 0 Å². The quantitative estimate of drug-likeness (QED) is 0.449. The number of rotatable bonds is 3. The molecule has 0 amide bonds. The Morgan fingerprint density at radius 3 is 2.76 bits per heavy atom. The molecule has 1 aliphatic rings. The summed E-state index contributed by atoms with van der Waals surface area (Å²) in [4.78, 5) is 11.7. The normalized spacial score (nSPS) is 19.6. The van der Waals surface area contributed by atoms with Crippen LogP contribution < -0.4 is 4.74 Å². The fourth-order valence-electron chi connectivity index (χ4n) is 2.02. The monoisotopic (exact) mass is 230 g/mol. The SMILES string of the molecule is CC1CC=C(CC(=O)Oc2ccccc2)CC1. The maximum Gasteiger partial charge on any atom is 0.315 e. The number of ether oxygens (including phenoxy) is 1. The van der Waals surface area contributed by atoms with Crippen LogP contribution >= 0.6 is 0 Å². The summed E-state index contributed by atoms with van der Waals surface area (Å²) in [7, 11) is 0. The molecule has 90 valence electrons. The fraction of sp³-hybridized carbons (Fsp3) is 0.400. The predicted molar refractivity (Wildman–Crippen MR) is 67.8 cm³/mol. The standard InChI is InChI=1S/C15H18O2/c1-12-7-9-13(10-8-12)11-15(16)17-14-5-3-2-4-6-14/h2-6,9,12H,7-8,10-11H2,1H3. The smallest absolute Gasteiger partial charge is 0.315 e. The molecule has 0 spiro atoms. The van der Waals surface area contributed by atoms with Gasteiger partial charge in [-0.1, -0.05) is 36.8 Å². The molecule has 17 heavy (non-hydrogen) atoms. The summed E-state index contributed by atoms with van der Waals surface area (Å²) in [5.74, 6) is 1.23. The first kappa shape index (κ1) is 11.9. The minimum Gasteiger partial charge on any atom is -0.426 e. The van der Waals surface area contributed by atoms with Gasteiger partial charge in [0.2, 0.25) is 0 Å². The van der Waals surface area contributed by atoms with E-state index < -0.39 is 0 Å². The fourth-order valence-corrected chi connectivity index (χ4v) is 2.02. The van der Waals surface area contributed by atoms with E-state index in [0.29, 0.717) is 12.2 Å². The Morgan fingerprint density at radius 2 is 2.12 bits per heavy atom. The van der Waals surface area contributed by atoms with Gasteiger partial charge in [0.05, 0.1) is 6.42 Å². The van der Waals surface area contributed by atoms with Crippen molar-refractivity contribution in [3.8, 4) is 5.75 Å². The van der Waals surface area contributed by atoms with Gasteiger partial charge in [0.1, 0.15) is 5.75 Å². The van der Waals surface area contributed by atoms with Gasteiger partial charge in [-0.25, -0.2) is 0 Å². The van der Waals surface area contributed by atoms with Gasteiger partial charge < -0.3 is 4.74 Å². The van der Waals surface area contributed by atoms with Crippen LogP contribution in [0.4, 0.5) is 0 Å². The average Bonchev–Trinajstić information content (AvgIpc) is 2.33. The van der Waals surface area contributed by atoms with Gasteiger partial charge in [0.25, 0.3) is 0 Å². The second-order valence-electron chi connectivity index (χ2n) is 4.71. The zero-order chi connectivity index (χ0) is 12.1. The molecule has 0 aromatic heterocycles. The van der Waals surface area contributed by atoms with Crippen LogP contribution in [-0.4, -0.2) is 5.97 Å². The van der Waals surface area contributed by atoms with E-state index in [-0.39, 0.29) is 5.97 Å². The molecular formula is C15H18O2. The summed E-state index contributed by atoms with van der Waals surface area (Å²) in [5.41, 5.74) is 1.23. The predicted octanol–water partition coefficient (Wildman–Crippen LogP) is 3.73. The van der Waals surface area contributed by atoms with Gasteiger partial charge in [0, 0.05) is 0 Å². The number of benzene rings is 1. The van der Waals surface area contributed by atoms with Gasteiger partial charge in [-0.05, 0) is 37.3 Å². The maximum absolute atomic E-state index is 11.7. The molecule has 0 radical (unpaired) electrons. The highest BCUT2D eigenvalue weighted by Gasteiger charge is 2.14. The van der Waals surface area contributed by atoms with Crippen LogP contribution in [0.25, 0.3) is 0 Å². The molecule has 1 atom stereocenters. The third-order valence-electron chi connectivity index (χ3n) is 3.11. The van der Waals surface area contributed by atoms with Crippen LogP contribution in [0.1, 0.15) is 32.6 Å². The van der Waals surface area contributed by atoms with Crippen molar-refractivity contribution in [3.63, 3.8) is 0 Å². The molecule has 0 aliphatic heterocycles. The van der Waals surface area contributed by atoms with Crippen molar-refractivity contribution in [3.05, 3.63) is 42.0 Å². The van der Waals surface area contributed by atoms with Crippen molar-refractivity contribution in [2.24, 2.45) is 5.92 Å². The third kappa shape index (κ3) is 3.74. The van der Waals surface area contributed by atoms with Gasteiger partial charge in [-0.15, -0.1) is 0 Å². The molecule has 2 rings (SSSR count). The van der Waals surface area contributed by atoms with Gasteiger partial charge in [-0.2, -0.15) is 0 Å². The molecule has 0 saturated heterocycles. The Labute approximate surface area is 102 Å². The Kier molecular flexibility index (Phi) is 3.97. The van der Waals surface area contributed by atoms with Crippen LogP contribution in [0.3, 0.4) is 0 Å². The molecule has 0 saturated carbocycles. The van der Waals surface area contributed by atoms with Crippen LogP contribution in [0.15, 0.2) is 42.0 Å². The minimum absolute atomic E-state index is 0.156. The van der Waals surface area contributed by atoms with E-state index in [2.05, 4.69) is 13.0 Å². The molecule has 1 aliphatic carbocycles. The van der Waals surface area contributed by atoms with Gasteiger partial charge in [0.15, 0.2) is 0 Å². The Balaban J connectivity index is 1.86. The third-order valence-corrected chi connectivity index (χ3v) is 3.11. The van der Waals surface area contributed by atoms with Crippen LogP contribution in [0.5, 0.6) is 5.75 Å². The van der Waals surface area contributed by atoms with E-state index in [1.165, 1.54) is 12.0 Å². The van der Waals surface area contributed by atoms with Crippen molar-refractivity contribution >= 4 is 5.97 Å². The number of carbonyl (C=O) groups excluding carboxylic acids is 1. The largest absolute Gasteiger partial charge is 0.426 e. The van der Waals surface area contributed by atoms with E-state index in [4.69, 9.17) is 4.74 Å². The van der Waals surface area contributed by atoms with Crippen LogP contribution in [0, 0.1) is 5.92 Å². The van der Waals surface area contributed by atoms with Crippen LogP contribution in [-0.2, 0) is 4.79 Å². The Morgan fingerprint density at radius 1 is 1.35 bits per heavy atom. The lowest BCUT2D eigenvalue weighted by Crippen LogP contribution is -2.11. The second kappa shape index (κ2) is 5.67. The molecule has 0 heterocycles. The number of allylic oxidation sites excluding steroid dienone is 1. The van der Waals surface area contributed by atoms with E-state index in [9.17, 15) is 4.79 Å². The van der Waals surface area contributed by atoms with Crippen molar-refractivity contribution in [1.29, 1.82) is 0 Å². The number of para-hydroxylation sites is 1. The zero-order valence-corrected chi connectivity index (χ0v) is 10.2. The summed E-state index contributed by atoms with van der Waals surface area (Å²) in [6.07, 6.45) is 5.94. The molecule has 1 aromatic rings. The van der Waals surface area contributed by atoms with Crippen molar-refractivity contribution in [2.75, 3.05) is 0 Å². The van der Waals surface area contributed by atoms with E-state index in [0.717, 1.165) is 18.8 Å². The summed E-state index contributed by atoms with van der Waals surface area (Å²) in [6, 6.07) is 9.24. The molecule has 2 nitrogen and oxygen atoms in total. The molecule has 2 heteroatoms. The number of carbonyl (C=O) groups is 1. The van der Waals surface area contributed by atoms with Gasteiger partial charge >= 0.3 is 5.97 Å². The maximum atomic E-state index is 11.7. The molecular weight excluding hydrogens is 212 g/mol. The summed E-state index contributed by atoms with van der Waals surface area (Å²) < 4.78 is 5.26. The lowest BCUT2D eigenvalue weighted by atomic mass is 9.90. The van der Waals surface area contributed by atoms with Crippen molar-refractivity contribution in [2.45, 2.75) is 32.6 Å². The average molecular weight is 230 g/mol. The Bertz CT molecular complexity index is 406. The first-order chi connectivity index (χ1) is 8.24. The van der Waals surface area contributed by atoms with E-state index >= 15 is 0 Å². The van der Waals surface area contributed by atoms with E-state index in [1.54, 1.807) is 12.1 Å². The number of esters is 1. The van der Waals surface area contributed by atoms with Crippen molar-refractivity contribution < 1.29 is 9.53 Å². The zero-order valence-electron chi connectivity index (χ0n) is 10.2. The molecule has 0 N–H and O–H groups in total. The van der Waals surface area contributed by atoms with Gasteiger partial charge in [-0.3, -0.25) is 4.79 Å². The summed E-state index contributed by atoms with van der Waals surface area (Å²) >= 11 is 0. The first-order valence-corrected chi connectivity index (χ1v) is 6.17. The number of hydrogen-bond acceptors (Lipinski definition) is 2. The first-order valence-electron chi connectivity index (χ1n) is 6.17. The van der Waals surface area contributed by atoms with E-state index in [1.807, 2.05) is 18.2 Å². The lowest BCUT2D eigenvalue weighted by Gasteiger charge is -2.17. The highest BCUT2D eigenvalue weighted by Crippen LogP contribution is 2.25. The van der Waals surface area contributed by atoms with Crippen LogP contribution in [0.2, 0.25) is 0 Å². The molecule has 1 unspecified atom stereocenters. The summed E-state index contributed by atoms with van der Waals surface area (Å²) in [6.45, 7) is 2.25.